The van der Waals surface area contributed by atoms with Crippen LogP contribution < -0.4 is 0 Å². The van der Waals surface area contributed by atoms with Gasteiger partial charge < -0.3 is 4.43 Å². The van der Waals surface area contributed by atoms with Gasteiger partial charge in [0.2, 0.25) is 0 Å². The van der Waals surface area contributed by atoms with Crippen molar-refractivity contribution in [1.29, 1.82) is 0 Å². The average Bonchev–Trinajstić information content (AvgIpc) is 2.16. The second-order valence-corrected chi connectivity index (χ2v) is 9.14. The van der Waals surface area contributed by atoms with Crippen LogP contribution in [0.3, 0.4) is 0 Å². The van der Waals surface area contributed by atoms with E-state index in [1.54, 1.807) is 0 Å². The fourth-order valence-corrected chi connectivity index (χ4v) is 7.74. The highest BCUT2D eigenvalue weighted by atomic mass is 127. The highest BCUT2D eigenvalue weighted by Crippen LogP contribution is 2.27. The van der Waals surface area contributed by atoms with E-state index in [0.717, 1.165) is 6.61 Å². The normalized spacial score (nSPS) is 12.0. The predicted octanol–water partition coefficient (Wildman–Crippen LogP) is 4.61. The molecular weight excluding hydrogens is 303 g/mol. The topological polar surface area (TPSA) is 9.23 Å². The van der Waals surface area contributed by atoms with Gasteiger partial charge in [-0.25, -0.2) is 0 Å². The number of hydrogen-bond acceptors (Lipinski definition) is 1. The van der Waals surface area contributed by atoms with Gasteiger partial charge in [0.25, 0.3) is 0 Å². The maximum atomic E-state index is 6.15. The van der Waals surface area contributed by atoms with Crippen LogP contribution in [0.4, 0.5) is 0 Å². The summed E-state index contributed by atoms with van der Waals surface area (Å²) in [5.74, 6) is 0. The van der Waals surface area contributed by atoms with Crippen molar-refractivity contribution in [2.24, 2.45) is 0 Å². The van der Waals surface area contributed by atoms with E-state index in [1.807, 2.05) is 0 Å². The first-order valence-corrected chi connectivity index (χ1v) is 10.00. The first-order valence-electron chi connectivity index (χ1n) is 5.94. The van der Waals surface area contributed by atoms with Crippen LogP contribution in [0.5, 0.6) is 0 Å². The summed E-state index contributed by atoms with van der Waals surface area (Å²) in [7, 11) is -1.32. The molecule has 1 nitrogen and oxygen atoms in total. The summed E-state index contributed by atoms with van der Waals surface area (Å²) in [6.07, 6.45) is 3.95. The second kappa shape index (κ2) is 9.16. The van der Waals surface area contributed by atoms with Crippen molar-refractivity contribution < 1.29 is 4.43 Å². The Labute approximate surface area is 104 Å². The molecule has 0 bridgehead atoms. The van der Waals surface area contributed by atoms with Gasteiger partial charge in [0, 0.05) is 6.61 Å². The Balaban J connectivity index is 4.21. The molecule has 0 aromatic carbocycles. The van der Waals surface area contributed by atoms with Crippen LogP contribution in [-0.2, 0) is 4.43 Å². The lowest BCUT2D eigenvalue weighted by molar-refractivity contribution is 0.316. The Morgan fingerprint density at radius 2 is 1.57 bits per heavy atom. The Morgan fingerprint density at radius 3 is 1.93 bits per heavy atom. The number of alkyl halides is 1. The van der Waals surface area contributed by atoms with Crippen molar-refractivity contribution >= 4 is 30.9 Å². The summed E-state index contributed by atoms with van der Waals surface area (Å²) in [5, 5.41) is 0. The molecule has 0 N–H and O–H groups in total. The lowest BCUT2D eigenvalue weighted by Gasteiger charge is -2.30. The lowest BCUT2D eigenvalue weighted by atomic mass is 10.6. The summed E-state index contributed by atoms with van der Waals surface area (Å²) in [6, 6.07) is 4.11. The molecule has 0 rings (SSSR count). The monoisotopic (exact) mass is 328 g/mol. The maximum Gasteiger partial charge on any atom is 0.192 e. The molecule has 0 aliphatic rings. The molecule has 0 aliphatic heterocycles. The quantitative estimate of drug-likeness (QED) is 0.341. The van der Waals surface area contributed by atoms with Crippen LogP contribution in [-0.4, -0.2) is 19.4 Å². The van der Waals surface area contributed by atoms with Crippen molar-refractivity contribution in [3.63, 3.8) is 0 Å². The predicted molar refractivity (Wildman–Crippen MR) is 75.9 cm³/mol. The van der Waals surface area contributed by atoms with Gasteiger partial charge in [-0.2, -0.15) is 0 Å². The molecule has 0 radical (unpaired) electrons. The van der Waals surface area contributed by atoms with E-state index >= 15 is 0 Å². The third-order valence-electron chi connectivity index (χ3n) is 2.63. The summed E-state index contributed by atoms with van der Waals surface area (Å²) < 4.78 is 7.43. The Hall–Kier alpha value is 0.907. The van der Waals surface area contributed by atoms with Gasteiger partial charge in [0.15, 0.2) is 8.32 Å². The highest BCUT2D eigenvalue weighted by molar-refractivity contribution is 14.1. The van der Waals surface area contributed by atoms with E-state index in [1.165, 1.54) is 41.8 Å². The third-order valence-corrected chi connectivity index (χ3v) is 8.38. The minimum Gasteiger partial charge on any atom is -0.417 e. The van der Waals surface area contributed by atoms with E-state index in [4.69, 9.17) is 4.43 Å². The fraction of sp³-hybridized carbons (Fsp3) is 1.00. The molecule has 0 atom stereocenters. The Morgan fingerprint density at radius 1 is 1.00 bits per heavy atom. The summed E-state index contributed by atoms with van der Waals surface area (Å²) in [4.78, 5) is 0. The summed E-state index contributed by atoms with van der Waals surface area (Å²) in [6.45, 7) is 7.66. The molecule has 0 aromatic rings. The van der Waals surface area contributed by atoms with Gasteiger partial charge in [0.1, 0.15) is 0 Å². The van der Waals surface area contributed by atoms with Crippen molar-refractivity contribution in [2.75, 3.05) is 11.0 Å². The molecule has 14 heavy (non-hydrogen) atoms. The zero-order valence-corrected chi connectivity index (χ0v) is 13.1. The zero-order chi connectivity index (χ0) is 10.9. The zero-order valence-electron chi connectivity index (χ0n) is 9.94. The number of rotatable bonds is 9. The molecule has 0 saturated carbocycles. The Bertz CT molecular complexity index is 113. The molecule has 0 heterocycles. The van der Waals surface area contributed by atoms with E-state index in [0.29, 0.717) is 0 Å². The molecule has 3 heteroatoms. The van der Waals surface area contributed by atoms with Crippen molar-refractivity contribution in [3.05, 3.63) is 0 Å². The highest BCUT2D eigenvalue weighted by Gasteiger charge is 2.31. The minimum absolute atomic E-state index is 0.924. The third kappa shape index (κ3) is 5.71. The standard InChI is InChI=1S/C11H25IOSi/c1-4-9-14(10-5-2,13-6-3)11-7-8-12/h4-11H2,1-3H3. The molecule has 86 valence electrons. The molecule has 0 saturated heterocycles. The fourth-order valence-electron chi connectivity index (χ4n) is 2.20. The van der Waals surface area contributed by atoms with Crippen LogP contribution in [0.15, 0.2) is 0 Å². The molecule has 0 spiro atoms. The molecule has 0 aromatic heterocycles. The summed E-state index contributed by atoms with van der Waals surface area (Å²) >= 11 is 2.48. The number of halogens is 1. The average molecular weight is 328 g/mol. The van der Waals surface area contributed by atoms with Gasteiger partial charge in [0.05, 0.1) is 0 Å². The van der Waals surface area contributed by atoms with E-state index in [-0.39, 0.29) is 0 Å². The van der Waals surface area contributed by atoms with E-state index in [2.05, 4.69) is 43.4 Å². The van der Waals surface area contributed by atoms with Gasteiger partial charge in [-0.05, 0) is 35.9 Å². The van der Waals surface area contributed by atoms with Gasteiger partial charge in [-0.15, -0.1) is 0 Å². The smallest absolute Gasteiger partial charge is 0.192 e. The Kier molecular flexibility index (Phi) is 9.75. The molecule has 0 unspecified atom stereocenters. The first-order chi connectivity index (χ1) is 6.74. The van der Waals surface area contributed by atoms with Crippen molar-refractivity contribution in [1.82, 2.24) is 0 Å². The van der Waals surface area contributed by atoms with E-state index < -0.39 is 8.32 Å². The molecule has 0 aliphatic carbocycles. The van der Waals surface area contributed by atoms with Crippen molar-refractivity contribution in [2.45, 2.75) is 58.2 Å². The van der Waals surface area contributed by atoms with E-state index in [9.17, 15) is 0 Å². The van der Waals surface area contributed by atoms with Crippen LogP contribution in [0, 0.1) is 0 Å². The maximum absolute atomic E-state index is 6.15. The van der Waals surface area contributed by atoms with Crippen LogP contribution in [0.2, 0.25) is 18.1 Å². The lowest BCUT2D eigenvalue weighted by Crippen LogP contribution is -2.37. The largest absolute Gasteiger partial charge is 0.417 e. The molecule has 0 amide bonds. The van der Waals surface area contributed by atoms with Crippen LogP contribution >= 0.6 is 22.6 Å². The van der Waals surface area contributed by atoms with Gasteiger partial charge >= 0.3 is 0 Å². The molecular formula is C11H25IOSi. The first kappa shape index (κ1) is 14.9. The second-order valence-electron chi connectivity index (χ2n) is 3.91. The van der Waals surface area contributed by atoms with Gasteiger partial charge in [-0.1, -0.05) is 49.3 Å². The van der Waals surface area contributed by atoms with Gasteiger partial charge in [-0.3, -0.25) is 0 Å². The summed E-state index contributed by atoms with van der Waals surface area (Å²) in [5.41, 5.74) is 0. The molecule has 0 fully saturated rings. The van der Waals surface area contributed by atoms with Crippen molar-refractivity contribution in [3.8, 4) is 0 Å². The SMILES string of the molecule is CCC[Si](CCC)(CCCI)OCC. The van der Waals surface area contributed by atoms with Crippen LogP contribution in [0.25, 0.3) is 0 Å². The minimum atomic E-state index is -1.32. The number of hydrogen-bond donors (Lipinski definition) is 0. The van der Waals surface area contributed by atoms with Crippen LogP contribution in [0.1, 0.15) is 40.0 Å².